The molecule has 0 fully saturated rings. The van der Waals surface area contributed by atoms with Crippen LogP contribution in [-0.4, -0.2) is 30.3 Å². The summed E-state index contributed by atoms with van der Waals surface area (Å²) in [5, 5.41) is 9.98. The molecule has 1 rings (SSSR count). The van der Waals surface area contributed by atoms with Crippen molar-refractivity contribution in [1.82, 2.24) is 0 Å². The normalized spacial score (nSPS) is 10.5. The number of carbonyl (C=O) groups excluding carboxylic acids is 2. The van der Waals surface area contributed by atoms with E-state index in [1.165, 1.54) is 18.2 Å². The SMILES string of the molecule is CCCCCCOC(=O)c1cccc(O)c1C(=O)OCCCCCC. The lowest BCUT2D eigenvalue weighted by molar-refractivity contribution is 0.0447. The van der Waals surface area contributed by atoms with Crippen molar-refractivity contribution in [3.63, 3.8) is 0 Å². The fraction of sp³-hybridized carbons (Fsp3) is 0.600. The molecule has 1 aromatic carbocycles. The average Bonchev–Trinajstić information content (AvgIpc) is 2.60. The van der Waals surface area contributed by atoms with Gasteiger partial charge in [-0.2, -0.15) is 0 Å². The van der Waals surface area contributed by atoms with E-state index < -0.39 is 11.9 Å². The molecule has 25 heavy (non-hydrogen) atoms. The molecule has 0 aromatic heterocycles. The molecule has 0 saturated heterocycles. The molecule has 1 N–H and O–H groups in total. The van der Waals surface area contributed by atoms with Crippen LogP contribution in [-0.2, 0) is 9.47 Å². The third-order valence-electron chi connectivity index (χ3n) is 3.93. The molecule has 0 spiro atoms. The molecule has 5 nitrogen and oxygen atoms in total. The Bertz CT molecular complexity index is 539. The van der Waals surface area contributed by atoms with E-state index in [0.717, 1.165) is 51.4 Å². The van der Waals surface area contributed by atoms with E-state index in [2.05, 4.69) is 13.8 Å². The second kappa shape index (κ2) is 12.3. The molecule has 0 aliphatic carbocycles. The highest BCUT2D eigenvalue weighted by molar-refractivity contribution is 6.05. The first-order chi connectivity index (χ1) is 12.1. The predicted octanol–water partition coefficient (Wildman–Crippen LogP) is 4.87. The molecule has 0 heterocycles. The van der Waals surface area contributed by atoms with Gasteiger partial charge in [-0.3, -0.25) is 0 Å². The summed E-state index contributed by atoms with van der Waals surface area (Å²) in [6.07, 6.45) is 7.92. The quantitative estimate of drug-likeness (QED) is 0.430. The maximum absolute atomic E-state index is 12.2. The van der Waals surface area contributed by atoms with E-state index in [0.29, 0.717) is 6.61 Å². The Balaban J connectivity index is 2.63. The number of benzene rings is 1. The molecule has 140 valence electrons. The molecule has 0 saturated carbocycles. The lowest BCUT2D eigenvalue weighted by Crippen LogP contribution is -2.15. The zero-order valence-corrected chi connectivity index (χ0v) is 15.4. The van der Waals surface area contributed by atoms with E-state index in [9.17, 15) is 14.7 Å². The molecular weight excluding hydrogens is 320 g/mol. The summed E-state index contributed by atoms with van der Waals surface area (Å²) in [5.41, 5.74) is -0.0643. The molecule has 0 atom stereocenters. The van der Waals surface area contributed by atoms with Crippen LogP contribution in [0.4, 0.5) is 0 Å². The smallest absolute Gasteiger partial charge is 0.342 e. The third-order valence-corrected chi connectivity index (χ3v) is 3.93. The number of unbranched alkanes of at least 4 members (excludes halogenated alkanes) is 6. The average molecular weight is 350 g/mol. The number of aromatic hydroxyl groups is 1. The maximum Gasteiger partial charge on any atom is 0.342 e. The summed E-state index contributed by atoms with van der Waals surface area (Å²) in [7, 11) is 0. The van der Waals surface area contributed by atoms with E-state index in [-0.39, 0.29) is 23.5 Å². The van der Waals surface area contributed by atoms with Crippen molar-refractivity contribution in [3.05, 3.63) is 29.3 Å². The van der Waals surface area contributed by atoms with Crippen LogP contribution < -0.4 is 0 Å². The molecule has 0 amide bonds. The van der Waals surface area contributed by atoms with Crippen molar-refractivity contribution < 1.29 is 24.2 Å². The highest BCUT2D eigenvalue weighted by Gasteiger charge is 2.23. The van der Waals surface area contributed by atoms with Crippen molar-refractivity contribution in [1.29, 1.82) is 0 Å². The second-order valence-electron chi connectivity index (χ2n) is 6.09. The van der Waals surface area contributed by atoms with Gasteiger partial charge in [-0.1, -0.05) is 58.4 Å². The summed E-state index contributed by atoms with van der Waals surface area (Å²) in [6.45, 7) is 4.80. The van der Waals surface area contributed by atoms with Crippen LogP contribution in [0, 0.1) is 0 Å². The molecule has 0 radical (unpaired) electrons. The Morgan fingerprint density at radius 2 is 1.40 bits per heavy atom. The van der Waals surface area contributed by atoms with E-state index in [4.69, 9.17) is 9.47 Å². The molecule has 1 aromatic rings. The number of phenolic OH excluding ortho intramolecular Hbond substituents is 1. The molecule has 5 heteroatoms. The topological polar surface area (TPSA) is 72.8 Å². The first-order valence-electron chi connectivity index (χ1n) is 9.28. The van der Waals surface area contributed by atoms with Gasteiger partial charge in [0.15, 0.2) is 0 Å². The Morgan fingerprint density at radius 3 is 1.96 bits per heavy atom. The van der Waals surface area contributed by atoms with Gasteiger partial charge >= 0.3 is 11.9 Å². The van der Waals surface area contributed by atoms with E-state index in [1.807, 2.05) is 0 Å². The minimum Gasteiger partial charge on any atom is -0.507 e. The maximum atomic E-state index is 12.2. The number of rotatable bonds is 12. The highest BCUT2D eigenvalue weighted by atomic mass is 16.5. The van der Waals surface area contributed by atoms with E-state index >= 15 is 0 Å². The molecule has 0 aliphatic rings. The van der Waals surface area contributed by atoms with Gasteiger partial charge in [0.1, 0.15) is 11.3 Å². The van der Waals surface area contributed by atoms with Crippen LogP contribution in [0.15, 0.2) is 18.2 Å². The zero-order valence-electron chi connectivity index (χ0n) is 15.4. The van der Waals surface area contributed by atoms with Crippen LogP contribution in [0.1, 0.15) is 85.9 Å². The van der Waals surface area contributed by atoms with Gasteiger partial charge in [0.25, 0.3) is 0 Å². The number of hydrogen-bond acceptors (Lipinski definition) is 5. The Kier molecular flexibility index (Phi) is 10.4. The van der Waals surface area contributed by atoms with Crippen LogP contribution in [0.2, 0.25) is 0 Å². The standard InChI is InChI=1S/C20H30O5/c1-3-5-7-9-14-24-19(22)16-12-11-13-17(21)18(16)20(23)25-15-10-8-6-4-2/h11-13,21H,3-10,14-15H2,1-2H3. The van der Waals surface area contributed by atoms with Gasteiger partial charge in [-0.05, 0) is 25.0 Å². The minimum atomic E-state index is -0.687. The van der Waals surface area contributed by atoms with Gasteiger partial charge in [0, 0.05) is 0 Å². The van der Waals surface area contributed by atoms with Gasteiger partial charge in [-0.15, -0.1) is 0 Å². The van der Waals surface area contributed by atoms with Crippen molar-refractivity contribution in [2.24, 2.45) is 0 Å². The largest absolute Gasteiger partial charge is 0.507 e. The number of hydrogen-bond donors (Lipinski definition) is 1. The molecule has 0 unspecified atom stereocenters. The first-order valence-corrected chi connectivity index (χ1v) is 9.28. The number of carbonyl (C=O) groups is 2. The van der Waals surface area contributed by atoms with Gasteiger partial charge in [0.2, 0.25) is 0 Å². The van der Waals surface area contributed by atoms with E-state index in [1.54, 1.807) is 0 Å². The van der Waals surface area contributed by atoms with Crippen molar-refractivity contribution in [3.8, 4) is 5.75 Å². The lowest BCUT2D eigenvalue weighted by Gasteiger charge is -2.11. The number of ether oxygens (including phenoxy) is 2. The van der Waals surface area contributed by atoms with Crippen LogP contribution >= 0.6 is 0 Å². The van der Waals surface area contributed by atoms with Gasteiger partial charge < -0.3 is 14.6 Å². The highest BCUT2D eigenvalue weighted by Crippen LogP contribution is 2.23. The summed E-state index contributed by atoms with van der Waals surface area (Å²) in [4.78, 5) is 24.5. The van der Waals surface area contributed by atoms with Crippen molar-refractivity contribution in [2.45, 2.75) is 65.2 Å². The number of phenols is 1. The molecular formula is C20H30O5. The van der Waals surface area contributed by atoms with Crippen molar-refractivity contribution >= 4 is 11.9 Å². The zero-order chi connectivity index (χ0) is 18.5. The monoisotopic (exact) mass is 350 g/mol. The lowest BCUT2D eigenvalue weighted by atomic mass is 10.1. The van der Waals surface area contributed by atoms with Crippen molar-refractivity contribution in [2.75, 3.05) is 13.2 Å². The predicted molar refractivity (Wildman–Crippen MR) is 97.0 cm³/mol. The summed E-state index contributed by atoms with van der Waals surface area (Å²) in [5.74, 6) is -1.56. The summed E-state index contributed by atoms with van der Waals surface area (Å²) >= 11 is 0. The fourth-order valence-corrected chi connectivity index (χ4v) is 2.46. The Morgan fingerprint density at radius 1 is 0.840 bits per heavy atom. The third kappa shape index (κ3) is 7.59. The second-order valence-corrected chi connectivity index (χ2v) is 6.09. The van der Waals surface area contributed by atoms with Gasteiger partial charge in [-0.25, -0.2) is 9.59 Å². The van der Waals surface area contributed by atoms with Crippen LogP contribution in [0.3, 0.4) is 0 Å². The molecule has 0 aliphatic heterocycles. The minimum absolute atomic E-state index is 0.0500. The Hall–Kier alpha value is -2.04. The summed E-state index contributed by atoms with van der Waals surface area (Å²) < 4.78 is 10.4. The number of esters is 2. The Labute approximate surface area is 150 Å². The fourth-order valence-electron chi connectivity index (χ4n) is 2.46. The first kappa shape index (κ1) is 21.0. The van der Waals surface area contributed by atoms with Crippen LogP contribution in [0.5, 0.6) is 5.75 Å². The van der Waals surface area contributed by atoms with Crippen LogP contribution in [0.25, 0.3) is 0 Å². The molecule has 0 bridgehead atoms. The van der Waals surface area contributed by atoms with Gasteiger partial charge in [0.05, 0.1) is 18.8 Å². The summed E-state index contributed by atoms with van der Waals surface area (Å²) in [6, 6.07) is 4.36.